The van der Waals surface area contributed by atoms with Gasteiger partial charge in [0.25, 0.3) is 5.91 Å². The highest BCUT2D eigenvalue weighted by molar-refractivity contribution is 5.95. The number of carbonyl (C=O) groups excluding carboxylic acids is 3. The summed E-state index contributed by atoms with van der Waals surface area (Å²) < 4.78 is 37.0. The molecule has 0 aliphatic heterocycles. The van der Waals surface area contributed by atoms with Crippen molar-refractivity contribution in [2.75, 3.05) is 11.9 Å². The maximum absolute atomic E-state index is 13.5. The van der Waals surface area contributed by atoms with E-state index in [4.69, 9.17) is 9.47 Å². The van der Waals surface area contributed by atoms with Crippen molar-refractivity contribution >= 4 is 23.9 Å². The third-order valence-corrected chi connectivity index (χ3v) is 3.26. The van der Waals surface area contributed by atoms with Gasteiger partial charge in [0, 0.05) is 5.56 Å². The summed E-state index contributed by atoms with van der Waals surface area (Å²) in [5.41, 5.74) is -0.169. The number of anilines is 1. The summed E-state index contributed by atoms with van der Waals surface area (Å²) in [6.07, 6.45) is -0.626. The zero-order chi connectivity index (χ0) is 19.1. The molecule has 1 amide bonds. The van der Waals surface area contributed by atoms with E-state index in [0.717, 1.165) is 18.2 Å². The number of halogens is 2. The molecule has 0 saturated carbocycles. The van der Waals surface area contributed by atoms with Gasteiger partial charge in [-0.25, -0.2) is 13.6 Å². The van der Waals surface area contributed by atoms with Gasteiger partial charge in [0.15, 0.2) is 12.7 Å². The molecule has 0 aliphatic carbocycles. The molecular weight excluding hydrogens is 348 g/mol. The van der Waals surface area contributed by atoms with Gasteiger partial charge in [-0.2, -0.15) is 0 Å². The normalized spacial score (nSPS) is 11.3. The van der Waals surface area contributed by atoms with Crippen molar-refractivity contribution < 1.29 is 32.6 Å². The van der Waals surface area contributed by atoms with Gasteiger partial charge in [-0.15, -0.1) is 0 Å². The lowest BCUT2D eigenvalue weighted by molar-refractivity contribution is -0.155. The average Bonchev–Trinajstić information content (AvgIpc) is 2.63. The number of nitrogens with one attached hydrogen (secondary N) is 1. The molecule has 6 nitrogen and oxygen atoms in total. The van der Waals surface area contributed by atoms with Crippen LogP contribution in [-0.4, -0.2) is 30.9 Å². The number of aldehydes is 1. The van der Waals surface area contributed by atoms with Crippen molar-refractivity contribution in [3.05, 3.63) is 59.7 Å². The zero-order valence-corrected chi connectivity index (χ0v) is 13.7. The Kier molecular flexibility index (Phi) is 6.37. The molecule has 0 bridgehead atoms. The van der Waals surface area contributed by atoms with Crippen molar-refractivity contribution in [3.8, 4) is 5.75 Å². The predicted molar refractivity (Wildman–Crippen MR) is 87.9 cm³/mol. The fourth-order valence-corrected chi connectivity index (χ4v) is 1.91. The molecule has 2 aromatic rings. The number of amides is 1. The van der Waals surface area contributed by atoms with Crippen molar-refractivity contribution in [2.45, 2.75) is 13.0 Å². The van der Waals surface area contributed by atoms with Gasteiger partial charge in [-0.1, -0.05) is 6.07 Å². The van der Waals surface area contributed by atoms with E-state index in [9.17, 15) is 23.2 Å². The monoisotopic (exact) mass is 363 g/mol. The Morgan fingerprint density at radius 1 is 1.12 bits per heavy atom. The molecule has 26 heavy (non-hydrogen) atoms. The van der Waals surface area contributed by atoms with Crippen LogP contribution in [-0.2, 0) is 14.3 Å². The van der Waals surface area contributed by atoms with Crippen molar-refractivity contribution in [1.82, 2.24) is 0 Å². The van der Waals surface area contributed by atoms with Crippen LogP contribution in [0.2, 0.25) is 0 Å². The third-order valence-electron chi connectivity index (χ3n) is 3.26. The molecule has 136 valence electrons. The maximum atomic E-state index is 13.5. The van der Waals surface area contributed by atoms with Crippen LogP contribution in [0.25, 0.3) is 0 Å². The van der Waals surface area contributed by atoms with Gasteiger partial charge in [0.1, 0.15) is 29.4 Å². The summed E-state index contributed by atoms with van der Waals surface area (Å²) in [5.74, 6) is -3.30. The minimum atomic E-state index is -1.29. The molecule has 1 N–H and O–H groups in total. The van der Waals surface area contributed by atoms with Crippen molar-refractivity contribution in [3.63, 3.8) is 0 Å². The standard InChI is InChI=1S/C18H15F2NO5/c1-11(18(24)21-17-14(19)3-2-4-15(17)20)26-16(23)10-25-13-7-5-12(9-22)6-8-13/h2-9,11H,10H2,1H3,(H,21,24)/t11-/m0/s1. The SMILES string of the molecule is C[C@H](OC(=O)COc1ccc(C=O)cc1)C(=O)Nc1c(F)cccc1F. The Labute approximate surface area is 147 Å². The molecule has 2 rings (SSSR count). The third kappa shape index (κ3) is 5.10. The zero-order valence-electron chi connectivity index (χ0n) is 13.7. The van der Waals surface area contributed by atoms with Crippen LogP contribution in [0.3, 0.4) is 0 Å². The smallest absolute Gasteiger partial charge is 0.344 e. The lowest BCUT2D eigenvalue weighted by Crippen LogP contribution is -2.32. The first-order valence-electron chi connectivity index (χ1n) is 7.53. The largest absolute Gasteiger partial charge is 0.482 e. The highest BCUT2D eigenvalue weighted by atomic mass is 19.1. The van der Waals surface area contributed by atoms with Crippen LogP contribution in [0, 0.1) is 11.6 Å². The quantitative estimate of drug-likeness (QED) is 0.604. The van der Waals surface area contributed by atoms with Gasteiger partial charge in [0.05, 0.1) is 0 Å². The fourth-order valence-electron chi connectivity index (χ4n) is 1.91. The summed E-state index contributed by atoms with van der Waals surface area (Å²) >= 11 is 0. The number of hydrogen-bond donors (Lipinski definition) is 1. The Morgan fingerprint density at radius 2 is 1.73 bits per heavy atom. The van der Waals surface area contributed by atoms with Crippen LogP contribution in [0.4, 0.5) is 14.5 Å². The summed E-state index contributed by atoms with van der Waals surface area (Å²) in [6, 6.07) is 9.13. The number of esters is 1. The van der Waals surface area contributed by atoms with E-state index in [1.165, 1.54) is 31.2 Å². The van der Waals surface area contributed by atoms with Gasteiger partial charge in [-0.05, 0) is 43.3 Å². The molecule has 0 radical (unpaired) electrons. The molecule has 8 heteroatoms. The highest BCUT2D eigenvalue weighted by Gasteiger charge is 2.21. The Hall–Kier alpha value is -3.29. The number of rotatable bonds is 7. The second kappa shape index (κ2) is 8.70. The molecule has 2 aromatic carbocycles. The Balaban J connectivity index is 1.85. The molecule has 0 saturated heterocycles. The Morgan fingerprint density at radius 3 is 2.31 bits per heavy atom. The maximum Gasteiger partial charge on any atom is 0.344 e. The summed E-state index contributed by atoms with van der Waals surface area (Å²) in [5, 5.41) is 2.03. The molecule has 0 spiro atoms. The summed E-state index contributed by atoms with van der Waals surface area (Å²) in [4.78, 5) is 34.2. The summed E-state index contributed by atoms with van der Waals surface area (Å²) in [6.45, 7) is 0.775. The van der Waals surface area contributed by atoms with E-state index in [0.29, 0.717) is 17.6 Å². The first kappa shape index (κ1) is 19.0. The second-order valence-corrected chi connectivity index (χ2v) is 5.19. The highest BCUT2D eigenvalue weighted by Crippen LogP contribution is 2.18. The first-order valence-corrected chi connectivity index (χ1v) is 7.53. The van der Waals surface area contributed by atoms with Crippen LogP contribution < -0.4 is 10.1 Å². The number of hydrogen-bond acceptors (Lipinski definition) is 5. The summed E-state index contributed by atoms with van der Waals surface area (Å²) in [7, 11) is 0. The molecule has 1 atom stereocenters. The topological polar surface area (TPSA) is 81.7 Å². The number of benzene rings is 2. The lowest BCUT2D eigenvalue weighted by Gasteiger charge is -2.14. The molecular formula is C18H15F2NO5. The van der Waals surface area contributed by atoms with E-state index in [-0.39, 0.29) is 0 Å². The molecule has 0 fully saturated rings. The molecule has 0 aromatic heterocycles. The fraction of sp³-hybridized carbons (Fsp3) is 0.167. The van der Waals surface area contributed by atoms with Crippen LogP contribution >= 0.6 is 0 Å². The lowest BCUT2D eigenvalue weighted by atomic mass is 10.2. The average molecular weight is 363 g/mol. The minimum Gasteiger partial charge on any atom is -0.482 e. The predicted octanol–water partition coefficient (Wildman–Crippen LogP) is 2.73. The number of ether oxygens (including phenoxy) is 2. The van der Waals surface area contributed by atoms with Crippen LogP contribution in [0.5, 0.6) is 5.75 Å². The number of carbonyl (C=O) groups is 3. The van der Waals surface area contributed by atoms with Gasteiger partial charge >= 0.3 is 5.97 Å². The van der Waals surface area contributed by atoms with Gasteiger partial charge in [-0.3, -0.25) is 9.59 Å². The van der Waals surface area contributed by atoms with Gasteiger partial charge < -0.3 is 14.8 Å². The van der Waals surface area contributed by atoms with E-state index in [1.807, 2.05) is 5.32 Å². The van der Waals surface area contributed by atoms with Crippen molar-refractivity contribution in [2.24, 2.45) is 0 Å². The van der Waals surface area contributed by atoms with Crippen LogP contribution in [0.15, 0.2) is 42.5 Å². The minimum absolute atomic E-state index is 0.332. The van der Waals surface area contributed by atoms with Crippen molar-refractivity contribution in [1.29, 1.82) is 0 Å². The van der Waals surface area contributed by atoms with E-state index in [2.05, 4.69) is 0 Å². The number of para-hydroxylation sites is 1. The molecule has 0 heterocycles. The first-order chi connectivity index (χ1) is 12.4. The van der Waals surface area contributed by atoms with Crippen LogP contribution in [0.1, 0.15) is 17.3 Å². The second-order valence-electron chi connectivity index (χ2n) is 5.19. The van der Waals surface area contributed by atoms with E-state index < -0.39 is 41.9 Å². The van der Waals surface area contributed by atoms with E-state index >= 15 is 0 Å². The molecule has 0 unspecified atom stereocenters. The van der Waals surface area contributed by atoms with Gasteiger partial charge in [0.2, 0.25) is 0 Å². The molecule has 0 aliphatic rings. The Bertz CT molecular complexity index is 787. The van der Waals surface area contributed by atoms with E-state index in [1.54, 1.807) is 0 Å².